The number of hydrogen-bond acceptors (Lipinski definition) is 6. The smallest absolute Gasteiger partial charge is 0.339 e. The van der Waals surface area contributed by atoms with Gasteiger partial charge in [0.15, 0.2) is 0 Å². The number of aromatic nitrogens is 1. The van der Waals surface area contributed by atoms with E-state index in [0.717, 1.165) is 12.8 Å². The highest BCUT2D eigenvalue weighted by Crippen LogP contribution is 2.40. The van der Waals surface area contributed by atoms with E-state index < -0.39 is 5.54 Å². The zero-order valence-electron chi connectivity index (χ0n) is 16.2. The lowest BCUT2D eigenvalue weighted by Crippen LogP contribution is -2.52. The average molecular weight is 362 g/mol. The lowest BCUT2D eigenvalue weighted by Gasteiger charge is -2.34. The molecule has 0 saturated carbocycles. The van der Waals surface area contributed by atoms with Crippen LogP contribution >= 0.6 is 0 Å². The number of pyridine rings is 1. The average Bonchev–Trinajstić information content (AvgIpc) is 3.12. The van der Waals surface area contributed by atoms with Crippen LogP contribution in [0.4, 0.5) is 0 Å². The molecule has 6 heteroatoms. The Morgan fingerprint density at radius 1 is 1.23 bits per heavy atom. The molecule has 0 aliphatic carbocycles. The molecule has 0 radical (unpaired) electrons. The molecule has 3 heterocycles. The largest absolute Gasteiger partial charge is 0.460 e. The maximum atomic E-state index is 12.3. The Morgan fingerprint density at radius 3 is 2.35 bits per heavy atom. The normalized spacial score (nSPS) is 25.0. The van der Waals surface area contributed by atoms with Crippen molar-refractivity contribution in [1.29, 1.82) is 0 Å². The van der Waals surface area contributed by atoms with Gasteiger partial charge < -0.3 is 14.2 Å². The number of carbonyl (C=O) groups excluding carboxylic acids is 1. The van der Waals surface area contributed by atoms with E-state index in [4.69, 9.17) is 14.2 Å². The summed E-state index contributed by atoms with van der Waals surface area (Å²) >= 11 is 0. The molecule has 0 spiro atoms. The van der Waals surface area contributed by atoms with Gasteiger partial charge in [0, 0.05) is 12.4 Å². The van der Waals surface area contributed by atoms with E-state index in [0.29, 0.717) is 30.6 Å². The van der Waals surface area contributed by atoms with Gasteiger partial charge in [-0.15, -0.1) is 0 Å². The highest BCUT2D eigenvalue weighted by atomic mass is 16.6. The Hall–Kier alpha value is -1.50. The van der Waals surface area contributed by atoms with Crippen LogP contribution in [0.1, 0.15) is 50.9 Å². The van der Waals surface area contributed by atoms with Crippen molar-refractivity contribution in [1.82, 2.24) is 9.88 Å². The highest BCUT2D eigenvalue weighted by Gasteiger charge is 2.56. The van der Waals surface area contributed by atoms with E-state index in [2.05, 4.69) is 37.6 Å². The van der Waals surface area contributed by atoms with Gasteiger partial charge in [0.2, 0.25) is 0 Å². The van der Waals surface area contributed by atoms with Gasteiger partial charge in [-0.2, -0.15) is 0 Å². The van der Waals surface area contributed by atoms with Gasteiger partial charge in [0.25, 0.3) is 0 Å². The van der Waals surface area contributed by atoms with E-state index in [1.807, 2.05) is 0 Å². The monoisotopic (exact) mass is 362 g/mol. The maximum absolute atomic E-state index is 12.3. The summed E-state index contributed by atoms with van der Waals surface area (Å²) < 4.78 is 17.9. The van der Waals surface area contributed by atoms with Crippen LogP contribution in [-0.2, 0) is 14.2 Å². The number of ether oxygens (including phenoxy) is 3. The Balaban J connectivity index is 1.72. The summed E-state index contributed by atoms with van der Waals surface area (Å²) in [4.78, 5) is 18.6. The molecule has 2 saturated heterocycles. The summed E-state index contributed by atoms with van der Waals surface area (Å²) in [7, 11) is 0. The molecule has 3 rings (SSSR count). The van der Waals surface area contributed by atoms with Crippen LogP contribution < -0.4 is 0 Å². The summed E-state index contributed by atoms with van der Waals surface area (Å²) in [5.74, 6) is 0.690. The highest BCUT2D eigenvalue weighted by molar-refractivity contribution is 5.88. The zero-order valence-corrected chi connectivity index (χ0v) is 16.2. The van der Waals surface area contributed by atoms with E-state index in [9.17, 15) is 4.79 Å². The lowest BCUT2D eigenvalue weighted by molar-refractivity contribution is -0.0739. The third-order valence-electron chi connectivity index (χ3n) is 4.97. The summed E-state index contributed by atoms with van der Waals surface area (Å²) in [6.07, 6.45) is 5.07. The van der Waals surface area contributed by atoms with Crippen molar-refractivity contribution < 1.29 is 19.0 Å². The van der Waals surface area contributed by atoms with Crippen LogP contribution in [0.5, 0.6) is 0 Å². The molecule has 1 aromatic heterocycles. The van der Waals surface area contributed by atoms with Gasteiger partial charge in [-0.3, -0.25) is 4.98 Å². The Bertz CT molecular complexity index is 583. The second-order valence-corrected chi connectivity index (χ2v) is 8.24. The SMILES string of the molecule is CC(C)C[C@H]1OCC2(COC(=O)c3cccnc3)CO[C@H](CC(C)C)N12. The molecule has 2 aliphatic rings. The van der Waals surface area contributed by atoms with E-state index in [-0.39, 0.29) is 25.0 Å². The van der Waals surface area contributed by atoms with Crippen LogP contribution in [0, 0.1) is 11.8 Å². The Morgan fingerprint density at radius 2 is 1.85 bits per heavy atom. The first-order valence-electron chi connectivity index (χ1n) is 9.50. The number of carbonyl (C=O) groups is 1. The van der Waals surface area contributed by atoms with Crippen LogP contribution in [0.25, 0.3) is 0 Å². The summed E-state index contributed by atoms with van der Waals surface area (Å²) in [6, 6.07) is 3.44. The predicted octanol–water partition coefficient (Wildman–Crippen LogP) is 3.08. The van der Waals surface area contributed by atoms with Gasteiger partial charge in [-0.05, 0) is 36.8 Å². The van der Waals surface area contributed by atoms with Crippen molar-refractivity contribution in [3.63, 3.8) is 0 Å². The Labute approximate surface area is 155 Å². The van der Waals surface area contributed by atoms with Crippen molar-refractivity contribution in [2.45, 2.75) is 58.5 Å². The summed E-state index contributed by atoms with van der Waals surface area (Å²) in [5.41, 5.74) is 0.0718. The predicted molar refractivity (Wildman–Crippen MR) is 97.5 cm³/mol. The zero-order chi connectivity index (χ0) is 18.7. The van der Waals surface area contributed by atoms with Crippen molar-refractivity contribution >= 4 is 5.97 Å². The second kappa shape index (κ2) is 8.03. The third kappa shape index (κ3) is 4.08. The fourth-order valence-electron chi connectivity index (χ4n) is 3.74. The first-order chi connectivity index (χ1) is 12.4. The molecule has 0 N–H and O–H groups in total. The van der Waals surface area contributed by atoms with Crippen LogP contribution in [0.3, 0.4) is 0 Å². The van der Waals surface area contributed by atoms with E-state index in [1.165, 1.54) is 6.20 Å². The molecule has 2 aliphatic heterocycles. The van der Waals surface area contributed by atoms with Crippen molar-refractivity contribution in [2.75, 3.05) is 19.8 Å². The Kier molecular flexibility index (Phi) is 5.95. The van der Waals surface area contributed by atoms with Crippen LogP contribution in [-0.4, -0.2) is 53.7 Å². The van der Waals surface area contributed by atoms with E-state index >= 15 is 0 Å². The molecule has 0 aromatic carbocycles. The molecule has 6 nitrogen and oxygen atoms in total. The molecule has 2 atom stereocenters. The number of esters is 1. The molecule has 1 aromatic rings. The minimum absolute atomic E-state index is 0.0124. The molecular formula is C20H30N2O4. The van der Waals surface area contributed by atoms with Gasteiger partial charge in [-0.25, -0.2) is 9.69 Å². The van der Waals surface area contributed by atoms with Crippen LogP contribution in [0.15, 0.2) is 24.5 Å². The third-order valence-corrected chi connectivity index (χ3v) is 4.97. The van der Waals surface area contributed by atoms with Crippen LogP contribution in [0.2, 0.25) is 0 Å². The minimum atomic E-state index is -0.392. The lowest BCUT2D eigenvalue weighted by atomic mass is 10.00. The number of fused-ring (bicyclic) bond motifs is 1. The molecule has 0 unspecified atom stereocenters. The molecule has 0 amide bonds. The fraction of sp³-hybridized carbons (Fsp3) is 0.700. The maximum Gasteiger partial charge on any atom is 0.339 e. The fourth-order valence-corrected chi connectivity index (χ4v) is 3.74. The molecule has 0 bridgehead atoms. The molecule has 144 valence electrons. The number of rotatable bonds is 7. The first-order valence-corrected chi connectivity index (χ1v) is 9.50. The molecule has 26 heavy (non-hydrogen) atoms. The summed E-state index contributed by atoms with van der Waals surface area (Å²) in [6.45, 7) is 10.1. The van der Waals surface area contributed by atoms with E-state index in [1.54, 1.807) is 18.3 Å². The van der Waals surface area contributed by atoms with Gasteiger partial charge in [0.05, 0.1) is 18.8 Å². The summed E-state index contributed by atoms with van der Waals surface area (Å²) in [5, 5.41) is 0. The molecular weight excluding hydrogens is 332 g/mol. The molecule has 2 fully saturated rings. The van der Waals surface area contributed by atoms with Gasteiger partial charge >= 0.3 is 5.97 Å². The van der Waals surface area contributed by atoms with Gasteiger partial charge in [-0.1, -0.05) is 27.7 Å². The number of nitrogens with zero attached hydrogens (tertiary/aromatic N) is 2. The van der Waals surface area contributed by atoms with Crippen molar-refractivity contribution in [3.05, 3.63) is 30.1 Å². The standard InChI is InChI=1S/C20H30N2O4/c1-14(2)8-17-22-18(9-15(3)4)25-12-20(22,11-24-17)13-26-19(23)16-6-5-7-21-10-16/h5-7,10,14-15,17-18H,8-9,11-13H2,1-4H3/t17-,18-/m1/s1. The second-order valence-electron chi connectivity index (χ2n) is 8.24. The first kappa shape index (κ1) is 19.3. The minimum Gasteiger partial charge on any atom is -0.460 e. The van der Waals surface area contributed by atoms with Gasteiger partial charge in [0.1, 0.15) is 24.6 Å². The number of hydrogen-bond donors (Lipinski definition) is 0. The topological polar surface area (TPSA) is 60.9 Å². The quantitative estimate of drug-likeness (QED) is 0.695. The van der Waals surface area contributed by atoms with Crippen molar-refractivity contribution in [3.8, 4) is 0 Å². The van der Waals surface area contributed by atoms with Crippen molar-refractivity contribution in [2.24, 2.45) is 11.8 Å².